The zero-order valence-corrected chi connectivity index (χ0v) is 15.8. The molecule has 7 nitrogen and oxygen atoms in total. The number of carbonyl (C=O) groups is 2. The number of aryl methyl sites for hydroxylation is 1. The molecule has 1 heterocycles. The Kier molecular flexibility index (Phi) is 4.93. The summed E-state index contributed by atoms with van der Waals surface area (Å²) in [5.41, 5.74) is 0.490. The maximum absolute atomic E-state index is 12.7. The highest BCUT2D eigenvalue weighted by Gasteiger charge is 2.38. The lowest BCUT2D eigenvalue weighted by Crippen LogP contribution is -2.55. The summed E-state index contributed by atoms with van der Waals surface area (Å²) in [6.45, 7) is 2.60. The number of hydrogen-bond donors (Lipinski definition) is 2. The third-order valence-electron chi connectivity index (χ3n) is 5.79. The second-order valence-corrected chi connectivity index (χ2v) is 7.95. The number of nitrogens with one attached hydrogen (secondary N) is 1. The van der Waals surface area contributed by atoms with Gasteiger partial charge in [-0.05, 0) is 50.2 Å². The maximum atomic E-state index is 12.7. The summed E-state index contributed by atoms with van der Waals surface area (Å²) in [6.07, 6.45) is 3.73. The van der Waals surface area contributed by atoms with Gasteiger partial charge in [-0.25, -0.2) is 4.79 Å². The molecule has 1 aromatic heterocycles. The number of benzene rings is 1. The Morgan fingerprint density at radius 3 is 2.64 bits per heavy atom. The molecule has 2 fully saturated rings. The second-order valence-electron chi connectivity index (χ2n) is 7.95. The topological polar surface area (TPSA) is 99.9 Å². The van der Waals surface area contributed by atoms with Gasteiger partial charge >= 0.3 is 11.6 Å². The van der Waals surface area contributed by atoms with Crippen molar-refractivity contribution < 1.29 is 19.1 Å². The smallest absolute Gasteiger partial charge is 0.349 e. The van der Waals surface area contributed by atoms with Gasteiger partial charge < -0.3 is 14.8 Å². The molecule has 0 aliphatic heterocycles. The average molecular weight is 384 g/mol. The predicted octanol–water partition coefficient (Wildman–Crippen LogP) is 2.16. The Morgan fingerprint density at radius 1 is 1.25 bits per heavy atom. The van der Waals surface area contributed by atoms with Crippen LogP contribution >= 0.6 is 0 Å². The fourth-order valence-corrected chi connectivity index (χ4v) is 3.98. The van der Waals surface area contributed by atoms with Crippen LogP contribution in [0.3, 0.4) is 0 Å². The minimum atomic E-state index is -0.822. The van der Waals surface area contributed by atoms with Crippen molar-refractivity contribution in [1.29, 1.82) is 0 Å². The largest absolute Gasteiger partial charge is 0.480 e. The monoisotopic (exact) mass is 384 g/mol. The van der Waals surface area contributed by atoms with Crippen LogP contribution in [0.4, 0.5) is 0 Å². The van der Waals surface area contributed by atoms with E-state index in [2.05, 4.69) is 5.32 Å². The zero-order chi connectivity index (χ0) is 19.8. The van der Waals surface area contributed by atoms with E-state index < -0.39 is 17.5 Å². The van der Waals surface area contributed by atoms with Crippen LogP contribution in [0, 0.1) is 12.8 Å². The Balaban J connectivity index is 1.42. The van der Waals surface area contributed by atoms with Gasteiger partial charge in [0.05, 0.1) is 6.54 Å². The number of hydrogen-bond acceptors (Lipinski definition) is 5. The van der Waals surface area contributed by atoms with Crippen molar-refractivity contribution in [2.75, 3.05) is 13.1 Å². The minimum absolute atomic E-state index is 0.0369. The summed E-state index contributed by atoms with van der Waals surface area (Å²) < 4.78 is 5.29. The minimum Gasteiger partial charge on any atom is -0.480 e. The standard InChI is InChI=1S/C21H24N2O5/c1-12-16-4-2-3-5-17(16)28-21(27)19(12)20(26)22-14-8-15(9-14)23(11-18(24)25)10-13-6-7-13/h2-5,13-15H,6-11H2,1H3,(H,22,26)(H,24,25). The highest BCUT2D eigenvalue weighted by molar-refractivity contribution is 5.99. The number of para-hydroxylation sites is 1. The molecule has 0 radical (unpaired) electrons. The lowest BCUT2D eigenvalue weighted by atomic mass is 9.85. The third-order valence-corrected chi connectivity index (χ3v) is 5.79. The van der Waals surface area contributed by atoms with Crippen molar-refractivity contribution in [3.05, 3.63) is 45.8 Å². The van der Waals surface area contributed by atoms with Gasteiger partial charge in [0.25, 0.3) is 5.91 Å². The van der Waals surface area contributed by atoms with Gasteiger partial charge in [0.15, 0.2) is 0 Å². The Labute approximate surface area is 162 Å². The molecule has 0 spiro atoms. The van der Waals surface area contributed by atoms with E-state index in [1.807, 2.05) is 17.0 Å². The van der Waals surface area contributed by atoms with Crippen molar-refractivity contribution in [2.24, 2.45) is 5.92 Å². The molecule has 2 saturated carbocycles. The highest BCUT2D eigenvalue weighted by Crippen LogP contribution is 2.34. The van der Waals surface area contributed by atoms with Crippen LogP contribution in [0.5, 0.6) is 0 Å². The molecular formula is C21H24N2O5. The molecule has 2 aliphatic rings. The lowest BCUT2D eigenvalue weighted by molar-refractivity contribution is -0.139. The summed E-state index contributed by atoms with van der Waals surface area (Å²) in [5, 5.41) is 12.8. The summed E-state index contributed by atoms with van der Waals surface area (Å²) in [7, 11) is 0. The van der Waals surface area contributed by atoms with E-state index >= 15 is 0 Å². The van der Waals surface area contributed by atoms with Gasteiger partial charge in [-0.3, -0.25) is 14.5 Å². The molecule has 0 bridgehead atoms. The molecule has 7 heteroatoms. The van der Waals surface area contributed by atoms with Gasteiger partial charge in [0.1, 0.15) is 11.1 Å². The van der Waals surface area contributed by atoms with Crippen LogP contribution in [0.25, 0.3) is 11.0 Å². The number of carbonyl (C=O) groups excluding carboxylic acids is 1. The molecule has 2 aromatic rings. The van der Waals surface area contributed by atoms with Crippen molar-refractivity contribution >= 4 is 22.8 Å². The van der Waals surface area contributed by atoms with Gasteiger partial charge in [-0.15, -0.1) is 0 Å². The Hall–Kier alpha value is -2.67. The number of nitrogens with zero attached hydrogens (tertiary/aromatic N) is 1. The Morgan fingerprint density at radius 2 is 1.96 bits per heavy atom. The number of carboxylic acid groups (broad SMARTS) is 1. The quantitative estimate of drug-likeness (QED) is 0.710. The number of carboxylic acids is 1. The van der Waals surface area contributed by atoms with E-state index in [4.69, 9.17) is 9.52 Å². The van der Waals surface area contributed by atoms with Crippen LogP contribution in [0.2, 0.25) is 0 Å². The molecular weight excluding hydrogens is 360 g/mol. The van der Waals surface area contributed by atoms with E-state index in [1.165, 1.54) is 12.8 Å². The summed E-state index contributed by atoms with van der Waals surface area (Å²) in [5.74, 6) is -0.636. The first-order valence-corrected chi connectivity index (χ1v) is 9.71. The van der Waals surface area contributed by atoms with Crippen molar-refractivity contribution in [3.8, 4) is 0 Å². The number of rotatable bonds is 7. The summed E-state index contributed by atoms with van der Waals surface area (Å²) >= 11 is 0. The van der Waals surface area contributed by atoms with Crippen LogP contribution in [0.1, 0.15) is 41.6 Å². The molecule has 0 atom stereocenters. The first kappa shape index (κ1) is 18.7. The van der Waals surface area contributed by atoms with Gasteiger partial charge in [0.2, 0.25) is 0 Å². The van der Waals surface area contributed by atoms with E-state index in [0.717, 1.165) is 11.9 Å². The summed E-state index contributed by atoms with van der Waals surface area (Å²) in [6, 6.07) is 7.26. The maximum Gasteiger partial charge on any atom is 0.349 e. The van der Waals surface area contributed by atoms with Gasteiger partial charge in [-0.2, -0.15) is 0 Å². The van der Waals surface area contributed by atoms with E-state index in [9.17, 15) is 14.4 Å². The molecule has 2 N–H and O–H groups in total. The second kappa shape index (κ2) is 7.39. The van der Waals surface area contributed by atoms with Crippen molar-refractivity contribution in [3.63, 3.8) is 0 Å². The molecule has 28 heavy (non-hydrogen) atoms. The number of amides is 1. The first-order chi connectivity index (χ1) is 13.4. The van der Waals surface area contributed by atoms with Gasteiger partial charge in [-0.1, -0.05) is 18.2 Å². The summed E-state index contributed by atoms with van der Waals surface area (Å²) in [4.78, 5) is 38.1. The molecule has 0 unspecified atom stereocenters. The molecule has 2 aliphatic carbocycles. The van der Waals surface area contributed by atoms with Crippen LogP contribution in [0.15, 0.2) is 33.5 Å². The third kappa shape index (κ3) is 3.80. The van der Waals surface area contributed by atoms with Crippen LogP contribution in [-0.4, -0.2) is 47.1 Å². The predicted molar refractivity (Wildman–Crippen MR) is 103 cm³/mol. The number of fused-ring (bicyclic) bond motifs is 1. The molecule has 0 saturated heterocycles. The lowest BCUT2D eigenvalue weighted by Gasteiger charge is -2.42. The fraction of sp³-hybridized carbons (Fsp3) is 0.476. The van der Waals surface area contributed by atoms with Crippen LogP contribution in [-0.2, 0) is 4.79 Å². The molecule has 1 aromatic carbocycles. The van der Waals surface area contributed by atoms with E-state index in [1.54, 1.807) is 19.1 Å². The van der Waals surface area contributed by atoms with Crippen molar-refractivity contribution in [1.82, 2.24) is 10.2 Å². The van der Waals surface area contributed by atoms with Crippen LogP contribution < -0.4 is 10.9 Å². The normalized spacial score (nSPS) is 21.5. The molecule has 148 valence electrons. The fourth-order valence-electron chi connectivity index (χ4n) is 3.98. The molecule has 1 amide bonds. The van der Waals surface area contributed by atoms with E-state index in [-0.39, 0.29) is 24.2 Å². The Bertz CT molecular complexity index is 972. The van der Waals surface area contributed by atoms with Crippen molar-refractivity contribution in [2.45, 2.75) is 44.7 Å². The molecule has 4 rings (SSSR count). The average Bonchev–Trinajstić information content (AvgIpc) is 3.41. The SMILES string of the molecule is Cc1c(C(=O)NC2CC(N(CC(=O)O)CC3CC3)C2)c(=O)oc2ccccc12. The van der Waals surface area contributed by atoms with E-state index in [0.29, 0.717) is 29.9 Å². The highest BCUT2D eigenvalue weighted by atomic mass is 16.4. The first-order valence-electron chi connectivity index (χ1n) is 9.71. The number of aliphatic carboxylic acids is 1. The van der Waals surface area contributed by atoms with Gasteiger partial charge in [0, 0.05) is 24.0 Å². The zero-order valence-electron chi connectivity index (χ0n) is 15.8.